The molecule has 6 aliphatic heterocycles. The zero-order chi connectivity index (χ0) is 24.6. The first kappa shape index (κ1) is 21.5. The average molecular weight is 485 g/mol. The van der Waals surface area contributed by atoms with E-state index in [0.29, 0.717) is 12.3 Å². The minimum atomic E-state index is -0.162. The highest BCUT2D eigenvalue weighted by Crippen LogP contribution is 2.72. The fraction of sp³-hybridized carbons (Fsp3) is 0.567. The summed E-state index contributed by atoms with van der Waals surface area (Å²) in [6, 6.07) is 16.0. The van der Waals surface area contributed by atoms with E-state index in [9.17, 15) is 4.79 Å². The Morgan fingerprint density at radius 3 is 2.64 bits per heavy atom. The van der Waals surface area contributed by atoms with Crippen molar-refractivity contribution >= 4 is 17.3 Å². The van der Waals surface area contributed by atoms with Gasteiger partial charge in [0.1, 0.15) is 12.3 Å². The molecule has 1 amide bonds. The van der Waals surface area contributed by atoms with Crippen LogP contribution in [-0.4, -0.2) is 59.9 Å². The van der Waals surface area contributed by atoms with Gasteiger partial charge in [-0.15, -0.1) is 0 Å². The molecule has 188 valence electrons. The Kier molecular flexibility index (Phi) is 3.97. The minimum absolute atomic E-state index is 0.0350. The van der Waals surface area contributed by atoms with Crippen LogP contribution >= 0.6 is 0 Å². The van der Waals surface area contributed by atoms with Crippen LogP contribution in [0.15, 0.2) is 42.5 Å². The molecule has 2 aromatic rings. The van der Waals surface area contributed by atoms with Crippen molar-refractivity contribution in [3.8, 4) is 0 Å². The van der Waals surface area contributed by atoms with Crippen LogP contribution in [0.1, 0.15) is 69.2 Å². The number of fused-ring (bicyclic) bond motifs is 1. The molecule has 2 unspecified atom stereocenters. The molecule has 1 N–H and O–H groups in total. The molecular formula is C30H36N4O2. The van der Waals surface area contributed by atoms with Crippen LogP contribution in [0.2, 0.25) is 0 Å². The van der Waals surface area contributed by atoms with Gasteiger partial charge in [-0.1, -0.05) is 37.3 Å². The van der Waals surface area contributed by atoms with Gasteiger partial charge in [0.25, 0.3) is 0 Å². The quantitative estimate of drug-likeness (QED) is 0.656. The van der Waals surface area contributed by atoms with E-state index in [4.69, 9.17) is 4.74 Å². The van der Waals surface area contributed by atoms with Gasteiger partial charge in [-0.05, 0) is 61.9 Å². The molecule has 2 aromatic carbocycles. The zero-order valence-electron chi connectivity index (χ0n) is 21.8. The molecule has 7 atom stereocenters. The summed E-state index contributed by atoms with van der Waals surface area (Å²) < 4.78 is 6.42. The number of hydrogen-bond acceptors (Lipinski definition) is 5. The Labute approximate surface area is 213 Å². The van der Waals surface area contributed by atoms with Gasteiger partial charge in [0.15, 0.2) is 0 Å². The summed E-state index contributed by atoms with van der Waals surface area (Å²) in [5.74, 6) is 0.307. The Balaban J connectivity index is 1.47. The van der Waals surface area contributed by atoms with Gasteiger partial charge in [-0.25, -0.2) is 0 Å². The van der Waals surface area contributed by atoms with Gasteiger partial charge >= 0.3 is 0 Å². The highest BCUT2D eigenvalue weighted by Gasteiger charge is 2.77. The number of ether oxygens (including phenoxy) is 1. The van der Waals surface area contributed by atoms with E-state index < -0.39 is 0 Å². The maximum atomic E-state index is 13.8. The predicted octanol–water partition coefficient (Wildman–Crippen LogP) is 4.36. The third-order valence-electron chi connectivity index (χ3n) is 10.6. The molecule has 6 nitrogen and oxygen atoms in total. The molecule has 6 heteroatoms. The molecule has 8 rings (SSSR count). The lowest BCUT2D eigenvalue weighted by atomic mass is 9.50. The van der Waals surface area contributed by atoms with Crippen LogP contribution in [0.25, 0.3) is 0 Å². The molecule has 0 aliphatic carbocycles. The summed E-state index contributed by atoms with van der Waals surface area (Å²) in [5, 5.41) is 4.02. The van der Waals surface area contributed by atoms with E-state index in [-0.39, 0.29) is 40.9 Å². The topological polar surface area (TPSA) is 51.4 Å². The van der Waals surface area contributed by atoms with Crippen molar-refractivity contribution in [3.05, 3.63) is 59.2 Å². The van der Waals surface area contributed by atoms with Gasteiger partial charge in [0.2, 0.25) is 5.91 Å². The second-order valence-corrected chi connectivity index (χ2v) is 12.4. The largest absolute Gasteiger partial charge is 0.365 e. The fourth-order valence-corrected chi connectivity index (χ4v) is 9.34. The van der Waals surface area contributed by atoms with E-state index in [1.807, 2.05) is 0 Å². The number of rotatable bonds is 3. The minimum Gasteiger partial charge on any atom is -0.365 e. The lowest BCUT2D eigenvalue weighted by Gasteiger charge is -2.62. The molecule has 3 fully saturated rings. The van der Waals surface area contributed by atoms with Crippen molar-refractivity contribution < 1.29 is 9.53 Å². The Morgan fingerprint density at radius 1 is 1.08 bits per heavy atom. The highest BCUT2D eigenvalue weighted by atomic mass is 16.6. The van der Waals surface area contributed by atoms with Crippen molar-refractivity contribution in [2.24, 2.45) is 0 Å². The van der Waals surface area contributed by atoms with Gasteiger partial charge in [-0.3, -0.25) is 9.69 Å². The van der Waals surface area contributed by atoms with Crippen molar-refractivity contribution in [1.29, 1.82) is 0 Å². The van der Waals surface area contributed by atoms with Gasteiger partial charge in [-0.2, -0.15) is 0 Å². The number of piperidine rings is 1. The van der Waals surface area contributed by atoms with Crippen molar-refractivity contribution in [1.82, 2.24) is 9.80 Å². The Bertz CT molecular complexity index is 1310. The van der Waals surface area contributed by atoms with Crippen LogP contribution in [0, 0.1) is 0 Å². The van der Waals surface area contributed by atoms with Gasteiger partial charge in [0, 0.05) is 43.3 Å². The standard InChI is InChI=1S/C30H36N4O2/c1-5-9-22(35)33-16-14-29-19-11-6-7-12-20(19)31-26-30(29)15-17-34(27(29)33)24(25-28(2,3)36-25)18-10-8-13-21(23(18)30)32(26)4/h6-8,10-13,24-27,31H,5,9,14-17H2,1-4H3/t24-,25+,26+,27+,29-,30?/m1/s1. The first-order valence-corrected chi connectivity index (χ1v) is 13.8. The summed E-state index contributed by atoms with van der Waals surface area (Å²) >= 11 is 0. The summed E-state index contributed by atoms with van der Waals surface area (Å²) in [6.45, 7) is 8.37. The number of anilines is 2. The number of benzene rings is 2. The maximum Gasteiger partial charge on any atom is 0.223 e. The van der Waals surface area contributed by atoms with Crippen molar-refractivity contribution in [2.45, 2.75) is 87.4 Å². The molecule has 3 saturated heterocycles. The smallest absolute Gasteiger partial charge is 0.223 e. The van der Waals surface area contributed by atoms with Crippen LogP contribution < -0.4 is 10.2 Å². The molecule has 0 saturated carbocycles. The summed E-state index contributed by atoms with van der Waals surface area (Å²) in [5.41, 5.74) is 6.51. The number of nitrogens with zero attached hydrogens (tertiary/aromatic N) is 3. The number of carbonyl (C=O) groups excluding carboxylic acids is 1. The van der Waals surface area contributed by atoms with E-state index in [2.05, 4.69) is 90.3 Å². The average Bonchev–Trinajstić information content (AvgIpc) is 3.26. The SMILES string of the molecule is CCCC(=O)N1CC[C@]23c4ccccc4N[C@H]4N(C)c5cccc6c5C42CCN([C@H]6[C@@H]2OC2(C)C)[C@H]13. The van der Waals surface area contributed by atoms with E-state index in [0.717, 1.165) is 32.4 Å². The van der Waals surface area contributed by atoms with Gasteiger partial charge in [0.05, 0.1) is 23.2 Å². The third kappa shape index (κ3) is 2.18. The molecule has 6 heterocycles. The molecular weight excluding hydrogens is 448 g/mol. The number of epoxide rings is 1. The van der Waals surface area contributed by atoms with Crippen LogP contribution in [0.3, 0.4) is 0 Å². The van der Waals surface area contributed by atoms with Crippen LogP contribution in [0.5, 0.6) is 0 Å². The lowest BCUT2D eigenvalue weighted by molar-refractivity contribution is -0.142. The normalized spacial score (nSPS) is 39.7. The number of likely N-dealkylation sites (tertiary alicyclic amines) is 1. The second kappa shape index (κ2) is 6.65. The number of nitrogens with one attached hydrogen (secondary N) is 1. The maximum absolute atomic E-state index is 13.8. The fourth-order valence-electron chi connectivity index (χ4n) is 9.34. The molecule has 6 aliphatic rings. The molecule has 2 bridgehead atoms. The van der Waals surface area contributed by atoms with E-state index >= 15 is 0 Å². The monoisotopic (exact) mass is 484 g/mol. The number of para-hydroxylation sites is 1. The van der Waals surface area contributed by atoms with E-state index in [1.165, 1.54) is 28.1 Å². The first-order valence-electron chi connectivity index (χ1n) is 13.8. The lowest BCUT2D eigenvalue weighted by Crippen LogP contribution is -2.73. The molecule has 36 heavy (non-hydrogen) atoms. The molecule has 0 aromatic heterocycles. The van der Waals surface area contributed by atoms with Crippen LogP contribution in [-0.2, 0) is 20.4 Å². The number of carbonyl (C=O) groups is 1. The number of hydrogen-bond donors (Lipinski definition) is 1. The van der Waals surface area contributed by atoms with E-state index in [1.54, 1.807) is 0 Å². The van der Waals surface area contributed by atoms with Crippen LogP contribution in [0.4, 0.5) is 11.4 Å². The summed E-state index contributed by atoms with van der Waals surface area (Å²) in [4.78, 5) is 21.2. The molecule has 2 spiro atoms. The number of likely N-dealkylation sites (N-methyl/N-ethyl adjacent to an activating group) is 1. The zero-order valence-corrected chi connectivity index (χ0v) is 21.8. The summed E-state index contributed by atoms with van der Waals surface area (Å²) in [7, 11) is 2.27. The van der Waals surface area contributed by atoms with Crippen molar-refractivity contribution in [3.63, 3.8) is 0 Å². The highest BCUT2D eigenvalue weighted by molar-refractivity contribution is 5.81. The second-order valence-electron chi connectivity index (χ2n) is 12.4. The Hall–Kier alpha value is -2.57. The number of amides is 1. The Morgan fingerprint density at radius 2 is 1.86 bits per heavy atom. The summed E-state index contributed by atoms with van der Waals surface area (Å²) in [6.07, 6.45) is 3.92. The third-order valence-corrected chi connectivity index (χ3v) is 10.6. The molecule has 0 radical (unpaired) electrons. The van der Waals surface area contributed by atoms with Gasteiger partial charge < -0.3 is 19.9 Å². The predicted molar refractivity (Wildman–Crippen MR) is 140 cm³/mol. The van der Waals surface area contributed by atoms with Crippen molar-refractivity contribution in [2.75, 3.05) is 30.4 Å². The first-order chi connectivity index (χ1) is 17.4.